The first kappa shape index (κ1) is 21.6. The Bertz CT molecular complexity index is 897. The van der Waals surface area contributed by atoms with Crippen molar-refractivity contribution in [2.75, 3.05) is 7.11 Å². The van der Waals surface area contributed by atoms with Crippen LogP contribution in [0.25, 0.3) is 12.2 Å². The van der Waals surface area contributed by atoms with Gasteiger partial charge in [0.1, 0.15) is 11.6 Å². The van der Waals surface area contributed by atoms with Gasteiger partial charge in [-0.15, -0.1) is 0 Å². The summed E-state index contributed by atoms with van der Waals surface area (Å²) >= 11 is 0. The highest BCUT2D eigenvalue weighted by Crippen LogP contribution is 2.38. The molecule has 1 saturated heterocycles. The molecule has 2 atom stereocenters. The number of nitrogens with zero attached hydrogens (tertiary/aromatic N) is 1. The number of benzene rings is 2. The zero-order chi connectivity index (χ0) is 21.7. The molecule has 0 radical (unpaired) electrons. The van der Waals surface area contributed by atoms with E-state index in [9.17, 15) is 9.59 Å². The largest absolute Gasteiger partial charge is 0.467 e. The lowest BCUT2D eigenvalue weighted by Gasteiger charge is -2.31. The molecule has 0 saturated carbocycles. The van der Waals surface area contributed by atoms with E-state index in [1.807, 2.05) is 63.2 Å². The minimum atomic E-state index is -0.642. The topological polar surface area (TPSA) is 55.8 Å². The maximum absolute atomic E-state index is 12.9. The van der Waals surface area contributed by atoms with E-state index in [1.165, 1.54) is 12.0 Å². The molecule has 30 heavy (non-hydrogen) atoms. The molecule has 1 aliphatic heterocycles. The maximum Gasteiger partial charge on any atom is 0.411 e. The number of likely N-dealkylation sites (tertiary alicyclic amines) is 1. The Hall–Kier alpha value is -3.08. The molecule has 2 aromatic carbocycles. The van der Waals surface area contributed by atoms with Gasteiger partial charge >= 0.3 is 12.1 Å². The standard InChI is InChI=1S/C25H29NO4/c1-25(2,3)30-24(28)26-21(16-17-22(26)23(27)29-4)20-14-12-19(13-15-20)11-10-18-8-6-5-7-9-18/h5-15,21-22H,16-17H2,1-4H3/t21-,22+/m1/s1. The average molecular weight is 408 g/mol. The Balaban J connectivity index is 1.80. The lowest BCUT2D eigenvalue weighted by Crippen LogP contribution is -2.44. The molecule has 0 aliphatic carbocycles. The predicted octanol–water partition coefficient (Wildman–Crippen LogP) is 5.47. The van der Waals surface area contributed by atoms with Gasteiger partial charge in [0.05, 0.1) is 13.2 Å². The highest BCUT2D eigenvalue weighted by atomic mass is 16.6. The zero-order valence-corrected chi connectivity index (χ0v) is 18.0. The normalized spacial score (nSPS) is 19.1. The van der Waals surface area contributed by atoms with Crippen LogP contribution in [0.2, 0.25) is 0 Å². The SMILES string of the molecule is COC(=O)[C@@H]1CC[C@H](c2ccc(C=Cc3ccccc3)cc2)N1C(=O)OC(C)(C)C. The Kier molecular flexibility index (Phi) is 6.60. The summed E-state index contributed by atoms with van der Waals surface area (Å²) in [5.41, 5.74) is 2.53. The van der Waals surface area contributed by atoms with Crippen LogP contribution in [0.4, 0.5) is 4.79 Å². The van der Waals surface area contributed by atoms with E-state index in [1.54, 1.807) is 0 Å². The van der Waals surface area contributed by atoms with E-state index in [-0.39, 0.29) is 6.04 Å². The predicted molar refractivity (Wildman–Crippen MR) is 118 cm³/mol. The smallest absolute Gasteiger partial charge is 0.411 e. The summed E-state index contributed by atoms with van der Waals surface area (Å²) < 4.78 is 10.5. The Morgan fingerprint density at radius 3 is 2.10 bits per heavy atom. The van der Waals surface area contributed by atoms with Gasteiger partial charge in [-0.1, -0.05) is 66.7 Å². The minimum absolute atomic E-state index is 0.226. The van der Waals surface area contributed by atoms with Gasteiger partial charge in [0.15, 0.2) is 0 Å². The summed E-state index contributed by atoms with van der Waals surface area (Å²) in [6.45, 7) is 5.45. The van der Waals surface area contributed by atoms with Gasteiger partial charge < -0.3 is 9.47 Å². The number of rotatable bonds is 4. The number of hydrogen-bond donors (Lipinski definition) is 0. The zero-order valence-electron chi connectivity index (χ0n) is 18.0. The van der Waals surface area contributed by atoms with Crippen molar-refractivity contribution in [2.24, 2.45) is 0 Å². The molecular formula is C25H29NO4. The lowest BCUT2D eigenvalue weighted by atomic mass is 10.0. The van der Waals surface area contributed by atoms with E-state index < -0.39 is 23.7 Å². The van der Waals surface area contributed by atoms with Crippen molar-refractivity contribution in [3.8, 4) is 0 Å². The van der Waals surface area contributed by atoms with Crippen molar-refractivity contribution in [2.45, 2.75) is 51.3 Å². The van der Waals surface area contributed by atoms with Gasteiger partial charge in [-0.25, -0.2) is 9.59 Å². The van der Waals surface area contributed by atoms with Crippen LogP contribution in [0, 0.1) is 0 Å². The number of carbonyl (C=O) groups excluding carboxylic acids is 2. The molecule has 1 amide bonds. The third kappa shape index (κ3) is 5.29. The molecule has 1 aliphatic rings. The molecule has 5 nitrogen and oxygen atoms in total. The first-order valence-electron chi connectivity index (χ1n) is 10.2. The number of methoxy groups -OCH3 is 1. The van der Waals surface area contributed by atoms with E-state index in [2.05, 4.69) is 24.3 Å². The van der Waals surface area contributed by atoms with Crippen molar-refractivity contribution in [3.05, 3.63) is 71.3 Å². The monoisotopic (exact) mass is 407 g/mol. The Labute approximate surface area is 178 Å². The molecular weight excluding hydrogens is 378 g/mol. The van der Waals surface area contributed by atoms with Gasteiger partial charge in [-0.3, -0.25) is 4.90 Å². The highest BCUT2D eigenvalue weighted by Gasteiger charge is 2.44. The van der Waals surface area contributed by atoms with Crippen molar-refractivity contribution < 1.29 is 19.1 Å². The molecule has 0 aromatic heterocycles. The Morgan fingerprint density at radius 2 is 1.53 bits per heavy atom. The minimum Gasteiger partial charge on any atom is -0.467 e. The maximum atomic E-state index is 12.9. The molecule has 2 aromatic rings. The lowest BCUT2D eigenvalue weighted by molar-refractivity contribution is -0.146. The number of esters is 1. The number of amides is 1. The first-order valence-corrected chi connectivity index (χ1v) is 10.2. The average Bonchev–Trinajstić information content (AvgIpc) is 3.17. The van der Waals surface area contributed by atoms with Crippen LogP contribution in [0.5, 0.6) is 0 Å². The summed E-state index contributed by atoms with van der Waals surface area (Å²) in [4.78, 5) is 26.7. The molecule has 0 spiro atoms. The second kappa shape index (κ2) is 9.16. The summed E-state index contributed by atoms with van der Waals surface area (Å²) in [6.07, 6.45) is 4.85. The fraction of sp³-hybridized carbons (Fsp3) is 0.360. The number of carbonyl (C=O) groups is 2. The van der Waals surface area contributed by atoms with Gasteiger partial charge in [-0.05, 0) is 50.3 Å². The van der Waals surface area contributed by atoms with Gasteiger partial charge in [-0.2, -0.15) is 0 Å². The van der Waals surface area contributed by atoms with E-state index in [4.69, 9.17) is 9.47 Å². The van der Waals surface area contributed by atoms with Gasteiger partial charge in [0.2, 0.25) is 0 Å². The van der Waals surface area contributed by atoms with Crippen LogP contribution in [-0.4, -0.2) is 35.7 Å². The summed E-state index contributed by atoms with van der Waals surface area (Å²) in [7, 11) is 1.34. The quantitative estimate of drug-likeness (QED) is 0.498. The third-order valence-corrected chi connectivity index (χ3v) is 5.05. The molecule has 158 valence electrons. The van der Waals surface area contributed by atoms with Crippen molar-refractivity contribution in [3.63, 3.8) is 0 Å². The van der Waals surface area contributed by atoms with Gasteiger partial charge in [0.25, 0.3) is 0 Å². The Morgan fingerprint density at radius 1 is 0.933 bits per heavy atom. The highest BCUT2D eigenvalue weighted by molar-refractivity contribution is 5.82. The molecule has 1 heterocycles. The molecule has 0 unspecified atom stereocenters. The molecule has 0 N–H and O–H groups in total. The van der Waals surface area contributed by atoms with Crippen LogP contribution in [0.1, 0.15) is 56.3 Å². The van der Waals surface area contributed by atoms with Crippen LogP contribution in [0.3, 0.4) is 0 Å². The second-order valence-corrected chi connectivity index (χ2v) is 8.43. The van der Waals surface area contributed by atoms with Crippen molar-refractivity contribution >= 4 is 24.2 Å². The van der Waals surface area contributed by atoms with Crippen LogP contribution in [-0.2, 0) is 14.3 Å². The summed E-state index contributed by atoms with van der Waals surface area (Å²) in [5.74, 6) is -0.411. The summed E-state index contributed by atoms with van der Waals surface area (Å²) in [5, 5.41) is 0. The van der Waals surface area contributed by atoms with E-state index in [0.29, 0.717) is 12.8 Å². The van der Waals surface area contributed by atoms with Crippen molar-refractivity contribution in [1.29, 1.82) is 0 Å². The molecule has 0 bridgehead atoms. The first-order chi connectivity index (χ1) is 14.3. The van der Waals surface area contributed by atoms with Crippen molar-refractivity contribution in [1.82, 2.24) is 4.90 Å². The van der Waals surface area contributed by atoms with Crippen LogP contribution < -0.4 is 0 Å². The van der Waals surface area contributed by atoms with E-state index in [0.717, 1.165) is 16.7 Å². The number of hydrogen-bond acceptors (Lipinski definition) is 4. The van der Waals surface area contributed by atoms with Crippen LogP contribution >= 0.6 is 0 Å². The third-order valence-electron chi connectivity index (χ3n) is 5.05. The summed E-state index contributed by atoms with van der Waals surface area (Å²) in [6, 6.07) is 17.3. The molecule has 3 rings (SSSR count). The fourth-order valence-electron chi connectivity index (χ4n) is 3.66. The van der Waals surface area contributed by atoms with E-state index >= 15 is 0 Å². The number of ether oxygens (including phenoxy) is 2. The van der Waals surface area contributed by atoms with Crippen LogP contribution in [0.15, 0.2) is 54.6 Å². The molecule has 5 heteroatoms. The fourth-order valence-corrected chi connectivity index (χ4v) is 3.66. The second-order valence-electron chi connectivity index (χ2n) is 8.43. The van der Waals surface area contributed by atoms with Gasteiger partial charge in [0, 0.05) is 0 Å². The molecule has 1 fully saturated rings.